The van der Waals surface area contributed by atoms with Crippen LogP contribution in [0.15, 0.2) is 0 Å². The lowest BCUT2D eigenvalue weighted by atomic mass is 9.94. The average Bonchev–Trinajstić information content (AvgIpc) is 2.05. The lowest BCUT2D eigenvalue weighted by Crippen LogP contribution is -2.41. The highest BCUT2D eigenvalue weighted by Crippen LogP contribution is 2.22. The first kappa shape index (κ1) is 8.97. The highest BCUT2D eigenvalue weighted by Gasteiger charge is 2.29. The SMILES string of the molecule is CO[C@@H]1CCO[C@H](CO)[C@H]1C. The molecule has 0 saturated carbocycles. The van der Waals surface area contributed by atoms with Crippen molar-refractivity contribution in [1.82, 2.24) is 0 Å². The van der Waals surface area contributed by atoms with E-state index in [1.54, 1.807) is 7.11 Å². The van der Waals surface area contributed by atoms with Crippen molar-refractivity contribution in [3.8, 4) is 0 Å². The number of rotatable bonds is 2. The van der Waals surface area contributed by atoms with E-state index < -0.39 is 0 Å². The van der Waals surface area contributed by atoms with E-state index in [4.69, 9.17) is 14.6 Å². The van der Waals surface area contributed by atoms with Gasteiger partial charge in [-0.1, -0.05) is 6.92 Å². The number of hydrogen-bond acceptors (Lipinski definition) is 3. The third kappa shape index (κ3) is 1.92. The summed E-state index contributed by atoms with van der Waals surface area (Å²) in [4.78, 5) is 0. The second kappa shape index (κ2) is 4.04. The molecule has 0 radical (unpaired) electrons. The van der Waals surface area contributed by atoms with Crippen LogP contribution in [-0.2, 0) is 9.47 Å². The Balaban J connectivity index is 2.45. The van der Waals surface area contributed by atoms with Gasteiger partial charge in [-0.05, 0) is 6.42 Å². The fraction of sp³-hybridized carbons (Fsp3) is 1.00. The largest absolute Gasteiger partial charge is 0.394 e. The summed E-state index contributed by atoms with van der Waals surface area (Å²) in [5.41, 5.74) is 0. The zero-order valence-corrected chi connectivity index (χ0v) is 7.12. The number of methoxy groups -OCH3 is 1. The van der Waals surface area contributed by atoms with E-state index in [0.717, 1.165) is 6.42 Å². The molecule has 0 bridgehead atoms. The Morgan fingerprint density at radius 3 is 2.91 bits per heavy atom. The highest BCUT2D eigenvalue weighted by molar-refractivity contribution is 4.78. The van der Waals surface area contributed by atoms with Crippen molar-refractivity contribution in [2.24, 2.45) is 5.92 Å². The molecular formula is C8H16O3. The predicted molar refractivity (Wildman–Crippen MR) is 41.4 cm³/mol. The maximum Gasteiger partial charge on any atom is 0.0855 e. The molecule has 0 aromatic rings. The molecule has 1 saturated heterocycles. The predicted octanol–water partition coefficient (Wildman–Crippen LogP) is 0.419. The fourth-order valence-corrected chi connectivity index (χ4v) is 1.54. The molecule has 1 aliphatic heterocycles. The van der Waals surface area contributed by atoms with Gasteiger partial charge in [-0.3, -0.25) is 0 Å². The van der Waals surface area contributed by atoms with Crippen molar-refractivity contribution >= 4 is 0 Å². The lowest BCUT2D eigenvalue weighted by molar-refractivity contribution is -0.114. The van der Waals surface area contributed by atoms with Crippen LogP contribution in [0.3, 0.4) is 0 Å². The van der Waals surface area contributed by atoms with Crippen molar-refractivity contribution in [3.63, 3.8) is 0 Å². The Bertz CT molecular complexity index is 104. The second-order valence-corrected chi connectivity index (χ2v) is 3.01. The summed E-state index contributed by atoms with van der Waals surface area (Å²) in [6.45, 7) is 2.85. The highest BCUT2D eigenvalue weighted by atomic mass is 16.5. The van der Waals surface area contributed by atoms with E-state index in [2.05, 4.69) is 0 Å². The molecule has 1 N–H and O–H groups in total. The van der Waals surface area contributed by atoms with Crippen LogP contribution in [0, 0.1) is 5.92 Å². The third-order valence-corrected chi connectivity index (χ3v) is 2.39. The summed E-state index contributed by atoms with van der Waals surface area (Å²) in [5.74, 6) is 0.304. The maximum atomic E-state index is 8.89. The molecule has 1 heterocycles. The molecule has 0 aromatic carbocycles. The summed E-state index contributed by atoms with van der Waals surface area (Å²) in [7, 11) is 1.71. The van der Waals surface area contributed by atoms with E-state index in [0.29, 0.717) is 12.5 Å². The molecule has 0 unspecified atom stereocenters. The van der Waals surface area contributed by atoms with Gasteiger partial charge in [-0.2, -0.15) is 0 Å². The molecule has 3 atom stereocenters. The molecule has 66 valence electrons. The van der Waals surface area contributed by atoms with Crippen LogP contribution in [0.2, 0.25) is 0 Å². The van der Waals surface area contributed by atoms with Crippen LogP contribution in [0.25, 0.3) is 0 Å². The molecule has 0 aromatic heterocycles. The summed E-state index contributed by atoms with van der Waals surface area (Å²) in [6.07, 6.45) is 1.16. The van der Waals surface area contributed by atoms with Crippen LogP contribution in [0.5, 0.6) is 0 Å². The monoisotopic (exact) mass is 160 g/mol. The minimum Gasteiger partial charge on any atom is -0.394 e. The standard InChI is InChI=1S/C8H16O3/c1-6-7(10-2)3-4-11-8(6)5-9/h6-9H,3-5H2,1-2H3/t6-,7+,8+/m0/s1. The summed E-state index contributed by atoms with van der Waals surface area (Å²) >= 11 is 0. The Morgan fingerprint density at radius 1 is 1.64 bits per heavy atom. The van der Waals surface area contributed by atoms with Gasteiger partial charge in [0.05, 0.1) is 18.8 Å². The maximum absolute atomic E-state index is 8.89. The molecule has 0 spiro atoms. The van der Waals surface area contributed by atoms with E-state index >= 15 is 0 Å². The van der Waals surface area contributed by atoms with Crippen molar-refractivity contribution in [1.29, 1.82) is 0 Å². The molecular weight excluding hydrogens is 144 g/mol. The van der Waals surface area contributed by atoms with Gasteiger partial charge < -0.3 is 14.6 Å². The minimum absolute atomic E-state index is 0.0336. The number of aliphatic hydroxyl groups is 1. The Kier molecular flexibility index (Phi) is 3.30. The van der Waals surface area contributed by atoms with E-state index in [1.807, 2.05) is 6.92 Å². The van der Waals surface area contributed by atoms with Gasteiger partial charge in [0, 0.05) is 19.6 Å². The van der Waals surface area contributed by atoms with Gasteiger partial charge in [0.25, 0.3) is 0 Å². The van der Waals surface area contributed by atoms with Gasteiger partial charge in [-0.15, -0.1) is 0 Å². The topological polar surface area (TPSA) is 38.7 Å². The quantitative estimate of drug-likeness (QED) is 0.636. The summed E-state index contributed by atoms with van der Waals surface area (Å²) in [5, 5.41) is 8.89. The zero-order chi connectivity index (χ0) is 8.27. The van der Waals surface area contributed by atoms with Crippen molar-refractivity contribution in [2.45, 2.75) is 25.6 Å². The Hall–Kier alpha value is -0.120. The minimum atomic E-state index is -0.0336. The van der Waals surface area contributed by atoms with Gasteiger partial charge >= 0.3 is 0 Å². The second-order valence-electron chi connectivity index (χ2n) is 3.01. The van der Waals surface area contributed by atoms with Gasteiger partial charge in [0.1, 0.15) is 0 Å². The van der Waals surface area contributed by atoms with E-state index in [1.165, 1.54) is 0 Å². The average molecular weight is 160 g/mol. The first-order valence-electron chi connectivity index (χ1n) is 4.05. The first-order chi connectivity index (χ1) is 5.29. The van der Waals surface area contributed by atoms with Gasteiger partial charge in [0.2, 0.25) is 0 Å². The molecule has 1 rings (SSSR count). The van der Waals surface area contributed by atoms with Crippen LogP contribution in [-0.4, -0.2) is 37.6 Å². The molecule has 11 heavy (non-hydrogen) atoms. The van der Waals surface area contributed by atoms with Crippen molar-refractivity contribution < 1.29 is 14.6 Å². The summed E-state index contributed by atoms with van der Waals surface area (Å²) < 4.78 is 10.6. The van der Waals surface area contributed by atoms with Crippen molar-refractivity contribution in [2.75, 3.05) is 20.3 Å². The van der Waals surface area contributed by atoms with E-state index in [9.17, 15) is 0 Å². The molecule has 0 aliphatic carbocycles. The molecule has 3 heteroatoms. The zero-order valence-electron chi connectivity index (χ0n) is 7.12. The molecule has 3 nitrogen and oxygen atoms in total. The van der Waals surface area contributed by atoms with Crippen LogP contribution >= 0.6 is 0 Å². The summed E-state index contributed by atoms with van der Waals surface area (Å²) in [6, 6.07) is 0. The lowest BCUT2D eigenvalue weighted by Gasteiger charge is -2.34. The molecule has 1 fully saturated rings. The van der Waals surface area contributed by atoms with Crippen LogP contribution in [0.4, 0.5) is 0 Å². The Morgan fingerprint density at radius 2 is 2.36 bits per heavy atom. The van der Waals surface area contributed by atoms with Crippen LogP contribution < -0.4 is 0 Å². The van der Waals surface area contributed by atoms with Crippen LogP contribution in [0.1, 0.15) is 13.3 Å². The van der Waals surface area contributed by atoms with E-state index in [-0.39, 0.29) is 18.8 Å². The fourth-order valence-electron chi connectivity index (χ4n) is 1.54. The number of hydrogen-bond donors (Lipinski definition) is 1. The smallest absolute Gasteiger partial charge is 0.0855 e. The molecule has 1 aliphatic rings. The van der Waals surface area contributed by atoms with Gasteiger partial charge in [0.15, 0.2) is 0 Å². The Labute approximate surface area is 67.3 Å². The third-order valence-electron chi connectivity index (χ3n) is 2.39. The number of ether oxygens (including phenoxy) is 2. The normalized spacial score (nSPS) is 39.0. The molecule has 0 amide bonds. The number of aliphatic hydroxyl groups excluding tert-OH is 1. The van der Waals surface area contributed by atoms with Gasteiger partial charge in [-0.25, -0.2) is 0 Å². The first-order valence-corrected chi connectivity index (χ1v) is 4.05. The van der Waals surface area contributed by atoms with Crippen molar-refractivity contribution in [3.05, 3.63) is 0 Å².